The Bertz CT molecular complexity index is 595. The number of hydrogen-bond acceptors (Lipinski definition) is 3. The molecule has 2 atom stereocenters. The average molecular weight is 253 g/mol. The van der Waals surface area contributed by atoms with Crippen molar-refractivity contribution in [2.24, 2.45) is 0 Å². The minimum atomic E-state index is -0.362. The van der Waals surface area contributed by atoms with Gasteiger partial charge in [0, 0.05) is 11.6 Å². The van der Waals surface area contributed by atoms with E-state index < -0.39 is 0 Å². The summed E-state index contributed by atoms with van der Waals surface area (Å²) in [6, 6.07) is 17.7. The topological polar surface area (TPSA) is 38.3 Å². The monoisotopic (exact) mass is 253 g/mol. The molecule has 3 heteroatoms. The van der Waals surface area contributed by atoms with E-state index in [1.807, 2.05) is 36.4 Å². The Labute approximate surface area is 112 Å². The van der Waals surface area contributed by atoms with Crippen LogP contribution >= 0.6 is 0 Å². The number of fused-ring (bicyclic) bond motifs is 1. The Morgan fingerprint density at radius 1 is 1.05 bits per heavy atom. The fourth-order valence-electron chi connectivity index (χ4n) is 2.33. The second-order valence-corrected chi connectivity index (χ2v) is 4.67. The Morgan fingerprint density at radius 3 is 2.53 bits per heavy atom. The van der Waals surface area contributed by atoms with E-state index in [1.165, 1.54) is 5.56 Å². The van der Waals surface area contributed by atoms with Crippen LogP contribution in [0.3, 0.4) is 0 Å². The number of cyclic esters (lactones) is 1. The van der Waals surface area contributed by atoms with Gasteiger partial charge in [0.1, 0.15) is 0 Å². The number of esters is 1. The molecular formula is C16H15NO2. The molecule has 2 unspecified atom stereocenters. The van der Waals surface area contributed by atoms with Gasteiger partial charge < -0.3 is 4.74 Å². The van der Waals surface area contributed by atoms with Crippen LogP contribution in [0, 0.1) is 0 Å². The number of rotatable bonds is 3. The zero-order valence-corrected chi connectivity index (χ0v) is 10.7. The van der Waals surface area contributed by atoms with E-state index in [9.17, 15) is 4.79 Å². The third-order valence-corrected chi connectivity index (χ3v) is 3.39. The summed E-state index contributed by atoms with van der Waals surface area (Å²) in [4.78, 5) is 11.7. The third kappa shape index (κ3) is 2.25. The first-order valence-corrected chi connectivity index (χ1v) is 6.36. The lowest BCUT2D eigenvalue weighted by atomic mass is 10.1. The fraction of sp³-hybridized carbons (Fsp3) is 0.188. The molecule has 0 bridgehead atoms. The molecule has 0 aliphatic carbocycles. The molecule has 1 aliphatic rings. The first-order valence-electron chi connectivity index (χ1n) is 6.36. The molecule has 1 N–H and O–H groups in total. The highest BCUT2D eigenvalue weighted by molar-refractivity contribution is 5.93. The van der Waals surface area contributed by atoms with Crippen LogP contribution in [0.1, 0.15) is 40.7 Å². The summed E-state index contributed by atoms with van der Waals surface area (Å²) in [5.74, 6) is -0.256. The van der Waals surface area contributed by atoms with Gasteiger partial charge in [-0.25, -0.2) is 4.79 Å². The fourth-order valence-corrected chi connectivity index (χ4v) is 2.33. The van der Waals surface area contributed by atoms with Crippen molar-refractivity contribution in [1.82, 2.24) is 5.32 Å². The Balaban J connectivity index is 1.81. The Hall–Kier alpha value is -2.13. The molecule has 0 aromatic heterocycles. The quantitative estimate of drug-likeness (QED) is 0.854. The van der Waals surface area contributed by atoms with Crippen LogP contribution in [-0.2, 0) is 4.74 Å². The van der Waals surface area contributed by atoms with Crippen LogP contribution in [-0.4, -0.2) is 5.97 Å². The summed E-state index contributed by atoms with van der Waals surface area (Å²) >= 11 is 0. The maximum absolute atomic E-state index is 11.7. The zero-order chi connectivity index (χ0) is 13.2. The van der Waals surface area contributed by atoms with Crippen molar-refractivity contribution in [2.75, 3.05) is 0 Å². The molecule has 3 rings (SSSR count). The molecular weight excluding hydrogens is 238 g/mol. The largest absolute Gasteiger partial charge is 0.439 e. The Morgan fingerprint density at radius 2 is 1.74 bits per heavy atom. The summed E-state index contributed by atoms with van der Waals surface area (Å²) in [6.45, 7) is 2.06. The van der Waals surface area contributed by atoms with Crippen molar-refractivity contribution in [3.8, 4) is 0 Å². The van der Waals surface area contributed by atoms with Gasteiger partial charge in [-0.3, -0.25) is 5.32 Å². The molecule has 19 heavy (non-hydrogen) atoms. The SMILES string of the molecule is CC(NC1OC(=O)c2ccccc21)c1ccccc1. The van der Waals surface area contributed by atoms with Crippen LogP contribution in [0.15, 0.2) is 54.6 Å². The van der Waals surface area contributed by atoms with E-state index in [0.717, 1.165) is 5.56 Å². The van der Waals surface area contributed by atoms with Gasteiger partial charge in [-0.15, -0.1) is 0 Å². The van der Waals surface area contributed by atoms with Crippen molar-refractivity contribution in [3.63, 3.8) is 0 Å². The van der Waals surface area contributed by atoms with Crippen LogP contribution in [0.4, 0.5) is 0 Å². The van der Waals surface area contributed by atoms with Crippen molar-refractivity contribution in [2.45, 2.75) is 19.2 Å². The van der Waals surface area contributed by atoms with E-state index in [-0.39, 0.29) is 18.2 Å². The summed E-state index contributed by atoms with van der Waals surface area (Å²) in [6.07, 6.45) is -0.362. The van der Waals surface area contributed by atoms with Crippen molar-refractivity contribution in [1.29, 1.82) is 0 Å². The van der Waals surface area contributed by atoms with Crippen molar-refractivity contribution < 1.29 is 9.53 Å². The van der Waals surface area contributed by atoms with Gasteiger partial charge in [0.05, 0.1) is 5.56 Å². The highest BCUT2D eigenvalue weighted by Crippen LogP contribution is 2.30. The van der Waals surface area contributed by atoms with Gasteiger partial charge >= 0.3 is 5.97 Å². The molecule has 96 valence electrons. The molecule has 3 nitrogen and oxygen atoms in total. The number of benzene rings is 2. The minimum absolute atomic E-state index is 0.116. The number of hydrogen-bond donors (Lipinski definition) is 1. The molecule has 0 spiro atoms. The van der Waals surface area contributed by atoms with Crippen LogP contribution in [0.5, 0.6) is 0 Å². The molecule has 1 aliphatic heterocycles. The lowest BCUT2D eigenvalue weighted by Crippen LogP contribution is -2.24. The van der Waals surface area contributed by atoms with Gasteiger partial charge in [0.2, 0.25) is 0 Å². The maximum atomic E-state index is 11.7. The zero-order valence-electron chi connectivity index (χ0n) is 10.7. The molecule has 2 aromatic carbocycles. The van der Waals surface area contributed by atoms with Crippen molar-refractivity contribution >= 4 is 5.97 Å². The lowest BCUT2D eigenvalue weighted by molar-refractivity contribution is 0.0281. The first-order chi connectivity index (χ1) is 9.25. The van der Waals surface area contributed by atoms with Crippen LogP contribution in [0.2, 0.25) is 0 Å². The van der Waals surface area contributed by atoms with Gasteiger partial charge in [0.25, 0.3) is 0 Å². The summed E-state index contributed by atoms with van der Waals surface area (Å²) in [7, 11) is 0. The number of nitrogens with one attached hydrogen (secondary N) is 1. The third-order valence-electron chi connectivity index (χ3n) is 3.39. The van der Waals surface area contributed by atoms with Gasteiger partial charge in [-0.1, -0.05) is 48.5 Å². The van der Waals surface area contributed by atoms with Crippen LogP contribution < -0.4 is 5.32 Å². The first kappa shape index (κ1) is 11.9. The van der Waals surface area contributed by atoms with E-state index in [1.54, 1.807) is 6.07 Å². The normalized spacial score (nSPS) is 18.8. The average Bonchev–Trinajstić information content (AvgIpc) is 2.77. The van der Waals surface area contributed by atoms with Crippen molar-refractivity contribution in [3.05, 3.63) is 71.3 Å². The van der Waals surface area contributed by atoms with E-state index in [4.69, 9.17) is 4.74 Å². The molecule has 0 radical (unpaired) electrons. The summed E-state index contributed by atoms with van der Waals surface area (Å²) in [5, 5.41) is 3.34. The van der Waals surface area contributed by atoms with E-state index in [0.29, 0.717) is 5.56 Å². The summed E-state index contributed by atoms with van der Waals surface area (Å²) < 4.78 is 5.37. The number of carbonyl (C=O) groups excluding carboxylic acids is 1. The number of carbonyl (C=O) groups is 1. The van der Waals surface area contributed by atoms with E-state index in [2.05, 4.69) is 24.4 Å². The molecule has 0 fully saturated rings. The minimum Gasteiger partial charge on any atom is -0.439 e. The molecule has 0 saturated carbocycles. The maximum Gasteiger partial charge on any atom is 0.340 e. The standard InChI is InChI=1S/C16H15NO2/c1-11(12-7-3-2-4-8-12)17-15-13-9-5-6-10-14(13)16(18)19-15/h2-11,15,17H,1H3. The Kier molecular flexibility index (Phi) is 3.05. The highest BCUT2D eigenvalue weighted by atomic mass is 16.6. The second-order valence-electron chi connectivity index (χ2n) is 4.67. The summed E-state index contributed by atoms with van der Waals surface area (Å²) in [5.41, 5.74) is 2.73. The molecule has 1 heterocycles. The predicted molar refractivity (Wildman–Crippen MR) is 72.6 cm³/mol. The van der Waals surface area contributed by atoms with Crippen LogP contribution in [0.25, 0.3) is 0 Å². The van der Waals surface area contributed by atoms with E-state index >= 15 is 0 Å². The second kappa shape index (κ2) is 4.86. The smallest absolute Gasteiger partial charge is 0.340 e. The molecule has 2 aromatic rings. The molecule has 0 saturated heterocycles. The van der Waals surface area contributed by atoms with Gasteiger partial charge in [-0.2, -0.15) is 0 Å². The molecule has 0 amide bonds. The lowest BCUT2D eigenvalue weighted by Gasteiger charge is -2.19. The van der Waals surface area contributed by atoms with Gasteiger partial charge in [0.15, 0.2) is 6.23 Å². The van der Waals surface area contributed by atoms with Gasteiger partial charge in [-0.05, 0) is 18.6 Å². The predicted octanol–water partition coefficient (Wildman–Crippen LogP) is 3.21. The number of ether oxygens (including phenoxy) is 1. The highest BCUT2D eigenvalue weighted by Gasteiger charge is 2.31.